The number of nitrogens with one attached hydrogen (secondary N) is 2. The van der Waals surface area contributed by atoms with Gasteiger partial charge in [0.05, 0.1) is 10.9 Å². The predicted molar refractivity (Wildman–Crippen MR) is 84.5 cm³/mol. The summed E-state index contributed by atoms with van der Waals surface area (Å²) < 4.78 is 25.6. The minimum Gasteiger partial charge on any atom is -0.377 e. The van der Waals surface area contributed by atoms with Crippen LogP contribution in [0.2, 0.25) is 0 Å². The molecule has 0 saturated carbocycles. The Kier molecular flexibility index (Phi) is 4.95. The van der Waals surface area contributed by atoms with E-state index in [-0.39, 0.29) is 10.9 Å². The highest BCUT2D eigenvalue weighted by molar-refractivity contribution is 7.89. The molecule has 0 heterocycles. The maximum Gasteiger partial charge on any atom is 0.240 e. The average Bonchev–Trinajstić information content (AvgIpc) is 2.54. The summed E-state index contributed by atoms with van der Waals surface area (Å²) in [4.78, 5) is 0.236. The van der Waals surface area contributed by atoms with Gasteiger partial charge in [0, 0.05) is 12.2 Å². The van der Waals surface area contributed by atoms with E-state index in [0.29, 0.717) is 6.54 Å². The molecular weight excluding hydrogens is 286 g/mol. The van der Waals surface area contributed by atoms with Crippen molar-refractivity contribution in [3.63, 3.8) is 0 Å². The van der Waals surface area contributed by atoms with Crippen LogP contribution < -0.4 is 15.8 Å². The maximum atomic E-state index is 11.7. The Morgan fingerprint density at radius 3 is 2.19 bits per heavy atom. The van der Waals surface area contributed by atoms with E-state index in [1.54, 1.807) is 24.3 Å². The molecule has 1 atom stereocenters. The lowest BCUT2D eigenvalue weighted by Crippen LogP contribution is -2.21. The van der Waals surface area contributed by atoms with Crippen LogP contribution in [0.3, 0.4) is 0 Å². The summed E-state index contributed by atoms with van der Waals surface area (Å²) in [7, 11) is -2.01. The van der Waals surface area contributed by atoms with Crippen molar-refractivity contribution in [2.24, 2.45) is 5.73 Å². The summed E-state index contributed by atoms with van der Waals surface area (Å²) in [5.74, 6) is 0. The fourth-order valence-corrected chi connectivity index (χ4v) is 2.74. The molecule has 0 aliphatic rings. The third-order valence-electron chi connectivity index (χ3n) is 3.21. The largest absolute Gasteiger partial charge is 0.377 e. The molecule has 0 amide bonds. The Hall–Kier alpha value is -1.89. The summed E-state index contributed by atoms with van der Waals surface area (Å²) in [5.41, 5.74) is 7.72. The first-order valence-corrected chi connectivity index (χ1v) is 8.10. The zero-order valence-corrected chi connectivity index (χ0v) is 12.6. The quantitative estimate of drug-likeness (QED) is 0.758. The minimum atomic E-state index is -3.40. The molecular formula is C15H19N3O2S. The molecule has 0 aliphatic heterocycles. The lowest BCUT2D eigenvalue weighted by molar-refractivity contribution is 0.588. The molecule has 0 saturated heterocycles. The normalized spacial score (nSPS) is 12.9. The van der Waals surface area contributed by atoms with E-state index >= 15 is 0 Å². The molecule has 2 aromatic rings. The van der Waals surface area contributed by atoms with Crippen molar-refractivity contribution >= 4 is 15.7 Å². The van der Waals surface area contributed by atoms with Crippen LogP contribution in [0.5, 0.6) is 0 Å². The molecule has 0 fully saturated rings. The second-order valence-electron chi connectivity index (χ2n) is 4.58. The van der Waals surface area contributed by atoms with Crippen LogP contribution in [0, 0.1) is 0 Å². The van der Waals surface area contributed by atoms with Gasteiger partial charge in [-0.25, -0.2) is 13.1 Å². The van der Waals surface area contributed by atoms with E-state index < -0.39 is 10.0 Å². The average molecular weight is 305 g/mol. The van der Waals surface area contributed by atoms with E-state index in [2.05, 4.69) is 10.0 Å². The van der Waals surface area contributed by atoms with Crippen LogP contribution in [0.15, 0.2) is 59.5 Å². The molecule has 2 rings (SSSR count). The molecule has 0 aromatic heterocycles. The third kappa shape index (κ3) is 3.81. The van der Waals surface area contributed by atoms with Crippen molar-refractivity contribution in [1.82, 2.24) is 4.72 Å². The predicted octanol–water partition coefficient (Wildman–Crippen LogP) is 1.71. The van der Waals surface area contributed by atoms with Crippen molar-refractivity contribution in [2.75, 3.05) is 18.9 Å². The lowest BCUT2D eigenvalue weighted by Gasteiger charge is -2.18. The van der Waals surface area contributed by atoms with Crippen molar-refractivity contribution in [1.29, 1.82) is 0 Å². The van der Waals surface area contributed by atoms with Gasteiger partial charge < -0.3 is 11.1 Å². The SMILES string of the molecule is CNS(=O)(=O)c1ccc(NC(CN)c2ccccc2)cc1. The van der Waals surface area contributed by atoms with Crippen LogP contribution in [-0.2, 0) is 10.0 Å². The summed E-state index contributed by atoms with van der Waals surface area (Å²) in [6.45, 7) is 0.445. The van der Waals surface area contributed by atoms with Crippen LogP contribution in [-0.4, -0.2) is 22.0 Å². The number of benzene rings is 2. The Bertz CT molecular complexity index is 670. The number of nitrogens with two attached hydrogens (primary N) is 1. The van der Waals surface area contributed by atoms with Crippen LogP contribution in [0.25, 0.3) is 0 Å². The van der Waals surface area contributed by atoms with Crippen molar-refractivity contribution in [2.45, 2.75) is 10.9 Å². The zero-order chi connectivity index (χ0) is 15.3. The van der Waals surface area contributed by atoms with Crippen molar-refractivity contribution in [3.8, 4) is 0 Å². The molecule has 21 heavy (non-hydrogen) atoms. The molecule has 112 valence electrons. The van der Waals surface area contributed by atoms with Gasteiger partial charge in [0.15, 0.2) is 0 Å². The van der Waals surface area contributed by atoms with E-state index in [9.17, 15) is 8.42 Å². The van der Waals surface area contributed by atoms with Gasteiger partial charge in [0.25, 0.3) is 0 Å². The van der Waals surface area contributed by atoms with E-state index in [1.807, 2.05) is 30.3 Å². The van der Waals surface area contributed by atoms with E-state index in [4.69, 9.17) is 5.73 Å². The number of sulfonamides is 1. The number of rotatable bonds is 6. The fourth-order valence-electron chi connectivity index (χ4n) is 2.01. The summed E-state index contributed by atoms with van der Waals surface area (Å²) >= 11 is 0. The monoisotopic (exact) mass is 305 g/mol. The van der Waals surface area contributed by atoms with Gasteiger partial charge in [-0.3, -0.25) is 0 Å². The molecule has 2 aromatic carbocycles. The van der Waals surface area contributed by atoms with Crippen LogP contribution >= 0.6 is 0 Å². The van der Waals surface area contributed by atoms with Crippen molar-refractivity contribution < 1.29 is 8.42 Å². The molecule has 0 aliphatic carbocycles. The molecule has 6 heteroatoms. The Balaban J connectivity index is 2.16. The first-order chi connectivity index (χ1) is 10.1. The molecule has 5 nitrogen and oxygen atoms in total. The van der Waals surface area contributed by atoms with Gasteiger partial charge in [-0.1, -0.05) is 30.3 Å². The van der Waals surface area contributed by atoms with E-state index in [1.165, 1.54) is 7.05 Å². The van der Waals surface area contributed by atoms with Crippen LogP contribution in [0.1, 0.15) is 11.6 Å². The molecule has 1 unspecified atom stereocenters. The van der Waals surface area contributed by atoms with Gasteiger partial charge >= 0.3 is 0 Å². The third-order valence-corrected chi connectivity index (χ3v) is 4.64. The van der Waals surface area contributed by atoms with Gasteiger partial charge in [0.1, 0.15) is 0 Å². The summed E-state index contributed by atoms with van der Waals surface area (Å²) in [6.07, 6.45) is 0. The van der Waals surface area contributed by atoms with Gasteiger partial charge in [0.2, 0.25) is 10.0 Å². The highest BCUT2D eigenvalue weighted by Gasteiger charge is 2.12. The van der Waals surface area contributed by atoms with Gasteiger partial charge in [-0.15, -0.1) is 0 Å². The second kappa shape index (κ2) is 6.71. The van der Waals surface area contributed by atoms with Crippen LogP contribution in [0.4, 0.5) is 5.69 Å². The van der Waals surface area contributed by atoms with Gasteiger partial charge in [-0.05, 0) is 36.9 Å². The highest BCUT2D eigenvalue weighted by atomic mass is 32.2. The maximum absolute atomic E-state index is 11.7. The summed E-state index contributed by atoms with van der Waals surface area (Å²) in [6, 6.07) is 16.5. The standard InChI is InChI=1S/C15H19N3O2S/c1-17-21(19,20)14-9-7-13(8-10-14)18-15(11-16)12-5-3-2-4-6-12/h2-10,15,17-18H,11,16H2,1H3. The molecule has 0 radical (unpaired) electrons. The Morgan fingerprint density at radius 2 is 1.67 bits per heavy atom. The number of hydrogen-bond donors (Lipinski definition) is 3. The first kappa shape index (κ1) is 15.5. The first-order valence-electron chi connectivity index (χ1n) is 6.62. The second-order valence-corrected chi connectivity index (χ2v) is 6.46. The smallest absolute Gasteiger partial charge is 0.240 e. The highest BCUT2D eigenvalue weighted by Crippen LogP contribution is 2.20. The number of hydrogen-bond acceptors (Lipinski definition) is 4. The number of anilines is 1. The Labute approximate surface area is 125 Å². The van der Waals surface area contributed by atoms with Gasteiger partial charge in [-0.2, -0.15) is 0 Å². The summed E-state index contributed by atoms with van der Waals surface area (Å²) in [5, 5.41) is 3.30. The zero-order valence-electron chi connectivity index (χ0n) is 11.8. The topological polar surface area (TPSA) is 84.2 Å². The fraction of sp³-hybridized carbons (Fsp3) is 0.200. The van der Waals surface area contributed by atoms with E-state index in [0.717, 1.165) is 11.3 Å². The molecule has 0 bridgehead atoms. The minimum absolute atomic E-state index is 0.0158. The van der Waals surface area contributed by atoms with Crippen molar-refractivity contribution in [3.05, 3.63) is 60.2 Å². The molecule has 0 spiro atoms. The molecule has 4 N–H and O–H groups in total. The lowest BCUT2D eigenvalue weighted by atomic mass is 10.1. The Morgan fingerprint density at radius 1 is 1.05 bits per heavy atom.